The fourth-order valence-corrected chi connectivity index (χ4v) is 5.87. The highest BCUT2D eigenvalue weighted by molar-refractivity contribution is 6.00. The summed E-state index contributed by atoms with van der Waals surface area (Å²) >= 11 is 0. The number of amides is 2. The maximum absolute atomic E-state index is 13.9. The number of ketones is 1. The van der Waals surface area contributed by atoms with Crippen molar-refractivity contribution in [2.45, 2.75) is 96.3 Å². The van der Waals surface area contributed by atoms with Crippen molar-refractivity contribution in [3.8, 4) is 5.69 Å². The molecule has 224 valence electrons. The molecule has 4 rings (SSSR count). The molecule has 0 aliphatic heterocycles. The number of nitrogens with zero attached hydrogens (tertiary/aromatic N) is 2. The highest BCUT2D eigenvalue weighted by Crippen LogP contribution is 2.42. The molecule has 1 saturated carbocycles. The van der Waals surface area contributed by atoms with Crippen LogP contribution in [-0.2, 0) is 17.4 Å². The molecule has 41 heavy (non-hydrogen) atoms. The van der Waals surface area contributed by atoms with Crippen molar-refractivity contribution in [2.24, 2.45) is 16.9 Å². The molecule has 0 spiro atoms. The molecule has 1 fully saturated rings. The summed E-state index contributed by atoms with van der Waals surface area (Å²) in [6, 6.07) is 4.56. The Bertz CT molecular complexity index is 1300. The number of nitrogens with one attached hydrogen (secondary N) is 2. The molecular weight excluding hydrogens is 537 g/mol. The Labute approximate surface area is 237 Å². The number of halogens is 3. The Hall–Kier alpha value is -3.41. The predicted molar refractivity (Wildman–Crippen MR) is 149 cm³/mol. The molecule has 6 N–H and O–H groups in total. The first-order chi connectivity index (χ1) is 19.3. The number of nitrogens with two attached hydrogens (primary N) is 2. The van der Waals surface area contributed by atoms with E-state index in [2.05, 4.69) is 15.7 Å². The Morgan fingerprint density at radius 3 is 2.39 bits per heavy atom. The number of fused-ring (bicyclic) bond motifs is 1. The monoisotopic (exact) mass is 576 g/mol. The van der Waals surface area contributed by atoms with Gasteiger partial charge in [0.1, 0.15) is 0 Å². The number of primary amides is 1. The lowest BCUT2D eigenvalue weighted by Crippen LogP contribution is -2.40. The minimum atomic E-state index is -4.79. The molecule has 0 atom stereocenters. The summed E-state index contributed by atoms with van der Waals surface area (Å²) in [5.74, 6) is -1.23. The normalized spacial score (nSPS) is 20.4. The third kappa shape index (κ3) is 7.27. The van der Waals surface area contributed by atoms with Crippen LogP contribution in [0, 0.1) is 5.41 Å². The van der Waals surface area contributed by atoms with Crippen LogP contribution in [0.1, 0.15) is 104 Å². The fraction of sp³-hybridized carbons (Fsp3) is 0.586. The van der Waals surface area contributed by atoms with Crippen LogP contribution < -0.4 is 22.1 Å². The number of rotatable bonds is 10. The van der Waals surface area contributed by atoms with Gasteiger partial charge in [0, 0.05) is 30.6 Å². The summed E-state index contributed by atoms with van der Waals surface area (Å²) in [6.45, 7) is 4.29. The molecule has 12 heteroatoms. The number of Topliss-reactive ketones (excluding diaryl/α,β-unsaturated/α-hetero) is 1. The van der Waals surface area contributed by atoms with Crippen LogP contribution in [0.4, 0.5) is 18.9 Å². The number of aromatic nitrogens is 2. The number of hydrogen-bond donors (Lipinski definition) is 4. The van der Waals surface area contributed by atoms with Crippen molar-refractivity contribution in [3.05, 3.63) is 40.7 Å². The van der Waals surface area contributed by atoms with E-state index in [1.165, 1.54) is 16.8 Å². The summed E-state index contributed by atoms with van der Waals surface area (Å²) in [5.41, 5.74) is 10.1. The number of anilines is 1. The van der Waals surface area contributed by atoms with E-state index in [1.807, 2.05) is 13.8 Å². The fourth-order valence-electron chi connectivity index (χ4n) is 5.87. The van der Waals surface area contributed by atoms with E-state index in [1.54, 1.807) is 6.07 Å². The van der Waals surface area contributed by atoms with Crippen molar-refractivity contribution >= 4 is 23.3 Å². The molecule has 1 aromatic heterocycles. The van der Waals surface area contributed by atoms with Gasteiger partial charge in [0.15, 0.2) is 11.5 Å². The maximum atomic E-state index is 13.9. The maximum Gasteiger partial charge on any atom is 0.435 e. The molecule has 9 nitrogen and oxygen atoms in total. The minimum Gasteiger partial charge on any atom is -0.382 e. The number of unbranched alkanes of at least 4 members (excludes halogenated alkanes) is 2. The van der Waals surface area contributed by atoms with Gasteiger partial charge in [-0.2, -0.15) is 18.3 Å². The third-order valence-electron chi connectivity index (χ3n) is 7.89. The van der Waals surface area contributed by atoms with E-state index in [4.69, 9.17) is 11.5 Å². The Kier molecular flexibility index (Phi) is 9.10. The Balaban J connectivity index is 1.53. The van der Waals surface area contributed by atoms with Gasteiger partial charge in [-0.05, 0) is 75.1 Å². The highest BCUT2D eigenvalue weighted by Gasteiger charge is 2.45. The van der Waals surface area contributed by atoms with Gasteiger partial charge in [0.05, 0.1) is 22.5 Å². The highest BCUT2D eigenvalue weighted by atomic mass is 19.4. The van der Waals surface area contributed by atoms with Crippen molar-refractivity contribution < 1.29 is 27.6 Å². The van der Waals surface area contributed by atoms with Crippen LogP contribution >= 0.6 is 0 Å². The van der Waals surface area contributed by atoms with Crippen molar-refractivity contribution in [3.63, 3.8) is 0 Å². The zero-order valence-corrected chi connectivity index (χ0v) is 23.6. The van der Waals surface area contributed by atoms with Gasteiger partial charge in [0.25, 0.3) is 5.91 Å². The van der Waals surface area contributed by atoms with Gasteiger partial charge in [-0.1, -0.05) is 20.3 Å². The second-order valence-corrected chi connectivity index (χ2v) is 12.0. The number of hydrogen-bond acceptors (Lipinski definition) is 6. The van der Waals surface area contributed by atoms with Crippen LogP contribution in [0.5, 0.6) is 0 Å². The van der Waals surface area contributed by atoms with Gasteiger partial charge in [-0.15, -0.1) is 0 Å². The molecule has 0 bridgehead atoms. The van der Waals surface area contributed by atoms with Crippen LogP contribution in [0.25, 0.3) is 5.69 Å². The molecule has 2 aromatic rings. The van der Waals surface area contributed by atoms with E-state index in [9.17, 15) is 27.6 Å². The lowest BCUT2D eigenvalue weighted by molar-refractivity contribution is -0.141. The second kappa shape index (κ2) is 12.2. The molecule has 0 radical (unpaired) electrons. The van der Waals surface area contributed by atoms with Crippen LogP contribution in [0.15, 0.2) is 18.2 Å². The third-order valence-corrected chi connectivity index (χ3v) is 7.89. The van der Waals surface area contributed by atoms with E-state index in [0.29, 0.717) is 24.3 Å². The lowest BCUT2D eigenvalue weighted by Gasteiger charge is -2.31. The largest absolute Gasteiger partial charge is 0.435 e. The predicted octanol–water partition coefficient (Wildman–Crippen LogP) is 4.50. The van der Waals surface area contributed by atoms with Crippen molar-refractivity contribution in [1.29, 1.82) is 0 Å². The van der Waals surface area contributed by atoms with Gasteiger partial charge >= 0.3 is 6.18 Å². The molecular formula is C29H39F3N6O3. The van der Waals surface area contributed by atoms with Crippen LogP contribution in [0.2, 0.25) is 0 Å². The van der Waals surface area contributed by atoms with Gasteiger partial charge in [0.2, 0.25) is 5.91 Å². The topological polar surface area (TPSA) is 145 Å². The molecule has 2 aliphatic carbocycles. The number of alkyl halides is 3. The summed E-state index contributed by atoms with van der Waals surface area (Å²) in [4.78, 5) is 37.3. The molecule has 1 aromatic carbocycles. The Morgan fingerprint density at radius 1 is 1.07 bits per heavy atom. The zero-order valence-electron chi connectivity index (χ0n) is 23.6. The standard InChI is InChI=1S/C29H39F3N6O3/c1-28(2)15-22-25(23(39)16-28)26(29(30,31)32)37-38(22)19-11-12-20(27(34)41)21(14-19)35-17-7-9-18(10-8-17)36-24(40)6-4-3-5-13-33/h11-12,14,17-18,35H,3-10,13,15-16,33H2,1-2H3,(H2,34,41)(H,36,40). The zero-order chi connectivity index (χ0) is 29.9. The van der Waals surface area contributed by atoms with E-state index in [-0.39, 0.29) is 47.7 Å². The van der Waals surface area contributed by atoms with Crippen molar-refractivity contribution in [2.75, 3.05) is 11.9 Å². The van der Waals surface area contributed by atoms with Gasteiger partial charge in [-0.25, -0.2) is 4.68 Å². The average molecular weight is 577 g/mol. The van der Waals surface area contributed by atoms with E-state index < -0.39 is 29.0 Å². The summed E-state index contributed by atoms with van der Waals surface area (Å²) in [7, 11) is 0. The van der Waals surface area contributed by atoms with E-state index >= 15 is 0 Å². The van der Waals surface area contributed by atoms with Gasteiger partial charge in [-0.3, -0.25) is 14.4 Å². The summed E-state index contributed by atoms with van der Waals surface area (Å²) in [6.07, 6.45) is 1.49. The summed E-state index contributed by atoms with van der Waals surface area (Å²) < 4.78 is 42.9. The van der Waals surface area contributed by atoms with E-state index in [0.717, 1.165) is 44.9 Å². The molecule has 2 aliphatic rings. The Morgan fingerprint density at radius 2 is 1.76 bits per heavy atom. The molecule has 1 heterocycles. The number of carbonyl (C=O) groups is 3. The first-order valence-electron chi connectivity index (χ1n) is 14.2. The smallest absolute Gasteiger partial charge is 0.382 e. The summed E-state index contributed by atoms with van der Waals surface area (Å²) in [5, 5.41) is 10.3. The number of benzene rings is 1. The van der Waals surface area contributed by atoms with Crippen molar-refractivity contribution in [1.82, 2.24) is 15.1 Å². The second-order valence-electron chi connectivity index (χ2n) is 12.0. The SMILES string of the molecule is CC1(C)CC(=O)c2c(C(F)(F)F)nn(-c3ccc(C(N)=O)c(NC4CCC(NC(=O)CCCCCN)CC4)c3)c2C1. The van der Waals surface area contributed by atoms with Crippen LogP contribution in [0.3, 0.4) is 0 Å². The lowest BCUT2D eigenvalue weighted by atomic mass is 9.75. The van der Waals surface area contributed by atoms with Crippen LogP contribution in [-0.4, -0.2) is 46.0 Å². The molecule has 0 saturated heterocycles. The first kappa shape index (κ1) is 30.5. The van der Waals surface area contributed by atoms with Gasteiger partial charge < -0.3 is 22.1 Å². The quantitative estimate of drug-likeness (QED) is 0.307. The molecule has 2 amide bonds. The molecule has 0 unspecified atom stereocenters. The minimum absolute atomic E-state index is 0.000391. The first-order valence-corrected chi connectivity index (χ1v) is 14.2. The number of carbonyl (C=O) groups excluding carboxylic acids is 3. The average Bonchev–Trinajstić information content (AvgIpc) is 3.27.